The van der Waals surface area contributed by atoms with Crippen LogP contribution >= 0.6 is 0 Å². The Morgan fingerprint density at radius 2 is 1.96 bits per heavy atom. The van der Waals surface area contributed by atoms with Gasteiger partial charge < -0.3 is 5.32 Å². The van der Waals surface area contributed by atoms with Gasteiger partial charge in [-0.2, -0.15) is 10.4 Å². The molecule has 1 heterocycles. The lowest BCUT2D eigenvalue weighted by Crippen LogP contribution is -2.18. The first kappa shape index (κ1) is 18.8. The van der Waals surface area contributed by atoms with Gasteiger partial charge in [-0.15, -0.1) is 5.10 Å². The van der Waals surface area contributed by atoms with E-state index >= 15 is 0 Å². The Kier molecular flexibility index (Phi) is 6.07. The zero-order valence-electron chi connectivity index (χ0n) is 14.5. The summed E-state index contributed by atoms with van der Waals surface area (Å²) in [5, 5.41) is 20.9. The number of aryl methyl sites for hydroxylation is 1. The fourth-order valence-corrected chi connectivity index (χ4v) is 3.34. The second kappa shape index (κ2) is 8.05. The maximum Gasteiger partial charge on any atom is 0.240 e. The highest BCUT2D eigenvalue weighted by atomic mass is 32.2. The second-order valence-electron chi connectivity index (χ2n) is 5.38. The molecule has 25 heavy (non-hydrogen) atoms. The van der Waals surface area contributed by atoms with Gasteiger partial charge in [0.05, 0.1) is 10.6 Å². The molecule has 2 rings (SSSR count). The SMILES string of the molecule is CCc1nnc(NCc2cccc(S(=O)(=O)NC)c2)c(C#N)c1CC. The minimum Gasteiger partial charge on any atom is -0.363 e. The number of aromatic nitrogens is 2. The number of benzene rings is 1. The molecule has 0 spiro atoms. The van der Waals surface area contributed by atoms with Crippen molar-refractivity contribution in [3.8, 4) is 6.07 Å². The number of hydrogen-bond acceptors (Lipinski definition) is 6. The molecule has 132 valence electrons. The molecule has 0 fully saturated rings. The van der Waals surface area contributed by atoms with E-state index in [0.717, 1.165) is 23.2 Å². The molecule has 0 unspecified atom stereocenters. The fourth-order valence-electron chi connectivity index (χ4n) is 2.54. The lowest BCUT2D eigenvalue weighted by Gasteiger charge is -2.12. The molecular weight excluding hydrogens is 338 g/mol. The van der Waals surface area contributed by atoms with Crippen molar-refractivity contribution in [3.05, 3.63) is 46.6 Å². The van der Waals surface area contributed by atoms with Crippen molar-refractivity contribution in [1.29, 1.82) is 5.26 Å². The van der Waals surface area contributed by atoms with Crippen molar-refractivity contribution >= 4 is 15.8 Å². The maximum absolute atomic E-state index is 11.9. The van der Waals surface area contributed by atoms with E-state index < -0.39 is 10.0 Å². The summed E-state index contributed by atoms with van der Waals surface area (Å²) in [4.78, 5) is 0.191. The molecule has 2 aromatic rings. The van der Waals surface area contributed by atoms with Crippen molar-refractivity contribution < 1.29 is 8.42 Å². The molecule has 0 amide bonds. The molecule has 0 saturated heterocycles. The number of hydrogen-bond donors (Lipinski definition) is 2. The summed E-state index contributed by atoms with van der Waals surface area (Å²) in [5.74, 6) is 0.415. The summed E-state index contributed by atoms with van der Waals surface area (Å²) in [6.07, 6.45) is 1.42. The van der Waals surface area contributed by atoms with Crippen LogP contribution in [0.4, 0.5) is 5.82 Å². The molecule has 2 N–H and O–H groups in total. The molecule has 1 aromatic carbocycles. The van der Waals surface area contributed by atoms with Crippen LogP contribution in [-0.4, -0.2) is 25.7 Å². The summed E-state index contributed by atoms with van der Waals surface area (Å²) in [7, 11) is -2.12. The predicted octanol–water partition coefficient (Wildman–Crippen LogP) is 1.99. The van der Waals surface area contributed by atoms with E-state index in [0.29, 0.717) is 24.3 Å². The van der Waals surface area contributed by atoms with Gasteiger partial charge in [0.2, 0.25) is 10.0 Å². The third kappa shape index (κ3) is 4.13. The summed E-state index contributed by atoms with van der Waals surface area (Å²) >= 11 is 0. The molecule has 1 aromatic heterocycles. The standard InChI is InChI=1S/C17H21N5O2S/c1-4-14-15(10-18)17(22-21-16(14)5-2)20-11-12-7-6-8-13(9-12)25(23,24)19-3/h6-9,19H,4-5,11H2,1-3H3,(H,20,22). The van der Waals surface area contributed by atoms with Gasteiger partial charge in [-0.1, -0.05) is 26.0 Å². The fraction of sp³-hybridized carbons (Fsp3) is 0.353. The van der Waals surface area contributed by atoms with Gasteiger partial charge in [-0.05, 0) is 43.1 Å². The number of sulfonamides is 1. The van der Waals surface area contributed by atoms with Gasteiger partial charge in [-0.25, -0.2) is 13.1 Å². The molecule has 0 aliphatic carbocycles. The zero-order chi connectivity index (χ0) is 18.4. The van der Waals surface area contributed by atoms with Crippen LogP contribution in [-0.2, 0) is 29.4 Å². The highest BCUT2D eigenvalue weighted by Crippen LogP contribution is 2.21. The maximum atomic E-state index is 11.9. The molecule has 0 radical (unpaired) electrons. The summed E-state index contributed by atoms with van der Waals surface area (Å²) in [5.41, 5.74) is 2.98. The minimum absolute atomic E-state index is 0.191. The molecule has 0 aliphatic heterocycles. The van der Waals surface area contributed by atoms with Crippen LogP contribution in [0, 0.1) is 11.3 Å². The lowest BCUT2D eigenvalue weighted by molar-refractivity contribution is 0.588. The van der Waals surface area contributed by atoms with E-state index in [1.807, 2.05) is 19.9 Å². The molecular formula is C17H21N5O2S. The third-order valence-corrected chi connectivity index (χ3v) is 5.31. The molecule has 0 aliphatic rings. The molecule has 0 atom stereocenters. The Balaban J connectivity index is 2.28. The lowest BCUT2D eigenvalue weighted by atomic mass is 10.0. The topological polar surface area (TPSA) is 108 Å². The Hall–Kier alpha value is -2.50. The van der Waals surface area contributed by atoms with Gasteiger partial charge >= 0.3 is 0 Å². The summed E-state index contributed by atoms with van der Waals surface area (Å²) in [6.45, 7) is 4.29. The highest BCUT2D eigenvalue weighted by Gasteiger charge is 2.15. The predicted molar refractivity (Wildman–Crippen MR) is 95.5 cm³/mol. The first-order valence-corrected chi connectivity index (χ1v) is 9.50. The van der Waals surface area contributed by atoms with Gasteiger partial charge in [-0.3, -0.25) is 0 Å². The van der Waals surface area contributed by atoms with Gasteiger partial charge in [0.1, 0.15) is 11.6 Å². The van der Waals surface area contributed by atoms with Crippen LogP contribution in [0.1, 0.15) is 36.2 Å². The molecule has 8 heteroatoms. The van der Waals surface area contributed by atoms with E-state index in [1.165, 1.54) is 13.1 Å². The number of nitrogens with zero attached hydrogens (tertiary/aromatic N) is 3. The molecule has 0 bridgehead atoms. The minimum atomic E-state index is -3.49. The van der Waals surface area contributed by atoms with Crippen LogP contribution in [0.3, 0.4) is 0 Å². The van der Waals surface area contributed by atoms with Crippen LogP contribution < -0.4 is 10.0 Å². The van der Waals surface area contributed by atoms with Crippen molar-refractivity contribution in [2.24, 2.45) is 0 Å². The third-order valence-electron chi connectivity index (χ3n) is 3.90. The largest absolute Gasteiger partial charge is 0.363 e. The first-order chi connectivity index (χ1) is 12.0. The van der Waals surface area contributed by atoms with Gasteiger partial charge in [0.15, 0.2) is 5.82 Å². The van der Waals surface area contributed by atoms with Crippen molar-refractivity contribution in [3.63, 3.8) is 0 Å². The van der Waals surface area contributed by atoms with Crippen molar-refractivity contribution in [2.45, 2.75) is 38.1 Å². The van der Waals surface area contributed by atoms with Crippen LogP contribution in [0.2, 0.25) is 0 Å². The highest BCUT2D eigenvalue weighted by molar-refractivity contribution is 7.89. The second-order valence-corrected chi connectivity index (χ2v) is 7.26. The van der Waals surface area contributed by atoms with Crippen LogP contribution in [0.25, 0.3) is 0 Å². The molecule has 7 nitrogen and oxygen atoms in total. The summed E-state index contributed by atoms with van der Waals surface area (Å²) in [6, 6.07) is 8.80. The Morgan fingerprint density at radius 3 is 2.56 bits per heavy atom. The summed E-state index contributed by atoms with van der Waals surface area (Å²) < 4.78 is 26.1. The van der Waals surface area contributed by atoms with Gasteiger partial charge in [0, 0.05) is 6.54 Å². The monoisotopic (exact) mass is 359 g/mol. The van der Waals surface area contributed by atoms with E-state index in [-0.39, 0.29) is 4.90 Å². The van der Waals surface area contributed by atoms with E-state index in [4.69, 9.17) is 0 Å². The smallest absolute Gasteiger partial charge is 0.240 e. The van der Waals surface area contributed by atoms with Crippen LogP contribution in [0.15, 0.2) is 29.2 Å². The van der Waals surface area contributed by atoms with E-state index in [1.54, 1.807) is 12.1 Å². The number of rotatable bonds is 7. The first-order valence-electron chi connectivity index (χ1n) is 8.01. The number of nitrogens with one attached hydrogen (secondary N) is 2. The number of nitriles is 1. The normalized spacial score (nSPS) is 11.1. The van der Waals surface area contributed by atoms with Crippen molar-refractivity contribution in [1.82, 2.24) is 14.9 Å². The molecule has 0 saturated carbocycles. The van der Waals surface area contributed by atoms with Crippen LogP contribution in [0.5, 0.6) is 0 Å². The zero-order valence-corrected chi connectivity index (χ0v) is 15.3. The average Bonchev–Trinajstić information content (AvgIpc) is 2.65. The van der Waals surface area contributed by atoms with Gasteiger partial charge in [0.25, 0.3) is 0 Å². The number of anilines is 1. The van der Waals surface area contributed by atoms with E-state index in [9.17, 15) is 13.7 Å². The average molecular weight is 359 g/mol. The van der Waals surface area contributed by atoms with Crippen molar-refractivity contribution in [2.75, 3.05) is 12.4 Å². The quantitative estimate of drug-likeness (QED) is 0.783. The Labute approximate surface area is 148 Å². The van der Waals surface area contributed by atoms with E-state index in [2.05, 4.69) is 26.3 Å². The Morgan fingerprint density at radius 1 is 1.20 bits per heavy atom. The Bertz CT molecular complexity index is 904.